The largest absolute Gasteiger partial charge is 0.369 e. The fraction of sp³-hybridized carbons (Fsp3) is 0.435. The van der Waals surface area contributed by atoms with E-state index in [1.165, 1.54) is 11.3 Å². The Hall–Kier alpha value is -2.24. The maximum Gasteiger partial charge on any atom is 0.236 e. The topological polar surface area (TPSA) is 30.0 Å². The molecule has 0 aromatic heterocycles. The molecule has 2 aromatic rings. The predicted molar refractivity (Wildman–Crippen MR) is 120 cm³/mol. The van der Waals surface area contributed by atoms with Crippen LogP contribution in [0.25, 0.3) is 0 Å². The van der Waals surface area contributed by atoms with E-state index in [1.807, 2.05) is 29.2 Å². The number of hydrogen-bond acceptors (Lipinski definition) is 4. The highest BCUT2D eigenvalue weighted by Gasteiger charge is 2.25. The molecule has 1 amide bonds. The Morgan fingerprint density at radius 1 is 0.793 bits per heavy atom. The minimum Gasteiger partial charge on any atom is -0.369 e. The van der Waals surface area contributed by atoms with E-state index in [9.17, 15) is 4.79 Å². The Morgan fingerprint density at radius 3 is 2.00 bits per heavy atom. The van der Waals surface area contributed by atoms with Crippen LogP contribution in [0.4, 0.5) is 11.4 Å². The molecule has 4 rings (SSSR count). The van der Waals surface area contributed by atoms with Crippen molar-refractivity contribution in [1.29, 1.82) is 0 Å². The quantitative estimate of drug-likeness (QED) is 0.771. The molecule has 2 heterocycles. The first-order chi connectivity index (χ1) is 14.1. The van der Waals surface area contributed by atoms with Gasteiger partial charge >= 0.3 is 0 Å². The van der Waals surface area contributed by atoms with Gasteiger partial charge in [-0.15, -0.1) is 0 Å². The molecule has 2 aromatic carbocycles. The van der Waals surface area contributed by atoms with Gasteiger partial charge in [-0.1, -0.05) is 41.9 Å². The average molecular weight is 413 g/mol. The second-order valence-corrected chi connectivity index (χ2v) is 8.28. The standard InChI is InChI=1S/C23H29ClN4O/c1-19-6-2-4-8-21(19)26-12-10-25(11-13-26)18-23(29)28-16-14-27(15-17-28)22-9-5-3-7-20(22)24/h2-9H,10-18H2,1H3. The molecule has 0 spiro atoms. The third-order valence-electron chi connectivity index (χ3n) is 6.01. The molecule has 0 aliphatic carbocycles. The number of carbonyl (C=O) groups excluding carboxylic acids is 1. The zero-order valence-corrected chi connectivity index (χ0v) is 17.8. The van der Waals surface area contributed by atoms with Crippen LogP contribution in [0, 0.1) is 6.92 Å². The second-order valence-electron chi connectivity index (χ2n) is 7.87. The normalized spacial score (nSPS) is 18.2. The van der Waals surface area contributed by atoms with Gasteiger partial charge in [-0.25, -0.2) is 0 Å². The zero-order valence-electron chi connectivity index (χ0n) is 17.1. The smallest absolute Gasteiger partial charge is 0.236 e. The molecule has 0 unspecified atom stereocenters. The number of carbonyl (C=O) groups is 1. The summed E-state index contributed by atoms with van der Waals surface area (Å²) in [5, 5.41) is 0.777. The molecule has 29 heavy (non-hydrogen) atoms. The number of nitrogens with zero attached hydrogens (tertiary/aromatic N) is 4. The Kier molecular flexibility index (Phi) is 6.26. The molecule has 0 atom stereocenters. The highest BCUT2D eigenvalue weighted by molar-refractivity contribution is 6.33. The molecule has 2 fully saturated rings. The van der Waals surface area contributed by atoms with E-state index in [1.54, 1.807) is 0 Å². The van der Waals surface area contributed by atoms with Crippen LogP contribution in [0.1, 0.15) is 5.56 Å². The van der Waals surface area contributed by atoms with E-state index in [4.69, 9.17) is 11.6 Å². The number of hydrogen-bond donors (Lipinski definition) is 0. The summed E-state index contributed by atoms with van der Waals surface area (Å²) in [5.74, 6) is 0.244. The molecule has 0 N–H and O–H groups in total. The van der Waals surface area contributed by atoms with Gasteiger partial charge in [0.25, 0.3) is 0 Å². The van der Waals surface area contributed by atoms with Crippen molar-refractivity contribution in [3.8, 4) is 0 Å². The van der Waals surface area contributed by atoms with Crippen LogP contribution in [-0.2, 0) is 4.79 Å². The molecule has 6 heteroatoms. The van der Waals surface area contributed by atoms with Crippen LogP contribution in [0.3, 0.4) is 0 Å². The summed E-state index contributed by atoms with van der Waals surface area (Å²) in [7, 11) is 0. The molecule has 5 nitrogen and oxygen atoms in total. The van der Waals surface area contributed by atoms with Crippen molar-refractivity contribution in [3.05, 3.63) is 59.1 Å². The van der Waals surface area contributed by atoms with Crippen molar-refractivity contribution >= 4 is 28.9 Å². The SMILES string of the molecule is Cc1ccccc1N1CCN(CC(=O)N2CCN(c3ccccc3Cl)CC2)CC1. The molecular weight excluding hydrogens is 384 g/mol. The molecule has 2 aliphatic heterocycles. The number of benzene rings is 2. The van der Waals surface area contributed by atoms with Crippen LogP contribution in [0.15, 0.2) is 48.5 Å². The van der Waals surface area contributed by atoms with Crippen molar-refractivity contribution in [2.24, 2.45) is 0 Å². The van der Waals surface area contributed by atoms with Gasteiger partial charge in [-0.05, 0) is 30.7 Å². The summed E-state index contributed by atoms with van der Waals surface area (Å²) in [6.45, 7) is 9.66. The lowest BCUT2D eigenvalue weighted by Crippen LogP contribution is -2.54. The van der Waals surface area contributed by atoms with Crippen molar-refractivity contribution < 1.29 is 4.79 Å². The number of halogens is 1. The summed E-state index contributed by atoms with van der Waals surface area (Å²) in [5.41, 5.74) is 3.69. The fourth-order valence-electron chi connectivity index (χ4n) is 4.26. The monoisotopic (exact) mass is 412 g/mol. The van der Waals surface area contributed by atoms with Gasteiger partial charge in [-0.3, -0.25) is 9.69 Å². The molecule has 0 radical (unpaired) electrons. The van der Waals surface area contributed by atoms with E-state index in [2.05, 4.69) is 45.9 Å². The van der Waals surface area contributed by atoms with Gasteiger partial charge in [-0.2, -0.15) is 0 Å². The average Bonchev–Trinajstić information content (AvgIpc) is 2.75. The second kappa shape index (κ2) is 9.06. The van der Waals surface area contributed by atoms with E-state index < -0.39 is 0 Å². The highest BCUT2D eigenvalue weighted by atomic mass is 35.5. The van der Waals surface area contributed by atoms with Crippen molar-refractivity contribution in [2.45, 2.75) is 6.92 Å². The summed E-state index contributed by atoms with van der Waals surface area (Å²) in [6.07, 6.45) is 0. The Morgan fingerprint density at radius 2 is 1.34 bits per heavy atom. The third-order valence-corrected chi connectivity index (χ3v) is 6.33. The van der Waals surface area contributed by atoms with Crippen LogP contribution >= 0.6 is 11.6 Å². The third kappa shape index (κ3) is 4.68. The molecule has 2 aliphatic rings. The van der Waals surface area contributed by atoms with Crippen LogP contribution in [-0.4, -0.2) is 74.6 Å². The Bertz CT molecular complexity index is 842. The molecule has 0 bridgehead atoms. The maximum absolute atomic E-state index is 12.8. The number of piperazine rings is 2. The van der Waals surface area contributed by atoms with Gasteiger partial charge in [0.1, 0.15) is 0 Å². The molecule has 154 valence electrons. The zero-order chi connectivity index (χ0) is 20.2. The number of para-hydroxylation sites is 2. The lowest BCUT2D eigenvalue weighted by molar-refractivity contribution is -0.132. The Balaban J connectivity index is 1.25. The summed E-state index contributed by atoms with van der Waals surface area (Å²) >= 11 is 6.32. The summed E-state index contributed by atoms with van der Waals surface area (Å²) in [6, 6.07) is 16.5. The predicted octanol–water partition coefficient (Wildman–Crippen LogP) is 3.12. The number of rotatable bonds is 4. The minimum atomic E-state index is 0.244. The van der Waals surface area contributed by atoms with Crippen molar-refractivity contribution in [3.63, 3.8) is 0 Å². The first kappa shape index (κ1) is 20.0. The van der Waals surface area contributed by atoms with Crippen molar-refractivity contribution in [1.82, 2.24) is 9.80 Å². The van der Waals surface area contributed by atoms with Crippen LogP contribution < -0.4 is 9.80 Å². The van der Waals surface area contributed by atoms with Gasteiger partial charge in [0.2, 0.25) is 5.91 Å². The van der Waals surface area contributed by atoms with Gasteiger partial charge in [0.05, 0.1) is 17.3 Å². The minimum absolute atomic E-state index is 0.244. The molecule has 2 saturated heterocycles. The van der Waals surface area contributed by atoms with E-state index in [-0.39, 0.29) is 5.91 Å². The van der Waals surface area contributed by atoms with Gasteiger partial charge < -0.3 is 14.7 Å². The lowest BCUT2D eigenvalue weighted by atomic mass is 10.1. The van der Waals surface area contributed by atoms with E-state index in [0.29, 0.717) is 6.54 Å². The number of anilines is 2. The highest BCUT2D eigenvalue weighted by Crippen LogP contribution is 2.26. The van der Waals surface area contributed by atoms with Crippen LogP contribution in [0.5, 0.6) is 0 Å². The number of aryl methyl sites for hydroxylation is 1. The first-order valence-electron chi connectivity index (χ1n) is 10.4. The van der Waals surface area contributed by atoms with Crippen molar-refractivity contribution in [2.75, 3.05) is 68.7 Å². The number of amides is 1. The maximum atomic E-state index is 12.8. The van der Waals surface area contributed by atoms with Crippen LogP contribution in [0.2, 0.25) is 5.02 Å². The summed E-state index contributed by atoms with van der Waals surface area (Å²) in [4.78, 5) is 21.8. The van der Waals surface area contributed by atoms with E-state index >= 15 is 0 Å². The fourth-order valence-corrected chi connectivity index (χ4v) is 4.52. The summed E-state index contributed by atoms with van der Waals surface area (Å²) < 4.78 is 0. The van der Waals surface area contributed by atoms with E-state index in [0.717, 1.165) is 63.1 Å². The van der Waals surface area contributed by atoms with Gasteiger partial charge in [0, 0.05) is 58.0 Å². The Labute approximate surface area is 178 Å². The lowest BCUT2D eigenvalue weighted by Gasteiger charge is -2.39. The molecular formula is C23H29ClN4O. The molecule has 0 saturated carbocycles. The first-order valence-corrected chi connectivity index (χ1v) is 10.8. The van der Waals surface area contributed by atoms with Gasteiger partial charge in [0.15, 0.2) is 0 Å².